The Bertz CT molecular complexity index is 546. The molecule has 0 aromatic carbocycles. The van der Waals surface area contributed by atoms with E-state index < -0.39 is 0 Å². The van der Waals surface area contributed by atoms with E-state index in [1.807, 2.05) is 13.8 Å². The molecule has 0 unspecified atom stereocenters. The quantitative estimate of drug-likeness (QED) is 0.361. The van der Waals surface area contributed by atoms with Gasteiger partial charge in [-0.3, -0.25) is 9.79 Å². The van der Waals surface area contributed by atoms with Gasteiger partial charge in [0.25, 0.3) is 0 Å². The van der Waals surface area contributed by atoms with Gasteiger partial charge in [0.15, 0.2) is 5.96 Å². The number of aliphatic imine (C=N–C) groups is 1. The largest absolute Gasteiger partial charge is 0.357 e. The van der Waals surface area contributed by atoms with Crippen LogP contribution in [0.4, 0.5) is 0 Å². The Morgan fingerprint density at radius 3 is 2.75 bits per heavy atom. The van der Waals surface area contributed by atoms with E-state index >= 15 is 0 Å². The summed E-state index contributed by atoms with van der Waals surface area (Å²) in [6.07, 6.45) is 4.50. The Labute approximate surface area is 148 Å². The van der Waals surface area contributed by atoms with Crippen LogP contribution < -0.4 is 16.0 Å². The lowest BCUT2D eigenvalue weighted by Gasteiger charge is -2.10. The molecule has 7 heteroatoms. The Balaban J connectivity index is 1.66. The number of thiazole rings is 1. The van der Waals surface area contributed by atoms with Crippen LogP contribution in [0.2, 0.25) is 0 Å². The number of rotatable bonds is 9. The van der Waals surface area contributed by atoms with Crippen LogP contribution in [-0.2, 0) is 11.2 Å². The van der Waals surface area contributed by atoms with Crippen molar-refractivity contribution in [2.75, 3.05) is 19.6 Å². The smallest absolute Gasteiger partial charge is 0.220 e. The van der Waals surface area contributed by atoms with Gasteiger partial charge < -0.3 is 16.0 Å². The van der Waals surface area contributed by atoms with Crippen molar-refractivity contribution in [3.63, 3.8) is 0 Å². The molecule has 1 aliphatic rings. The number of carbonyl (C=O) groups is 1. The van der Waals surface area contributed by atoms with Gasteiger partial charge in [0.05, 0.1) is 10.7 Å². The van der Waals surface area contributed by atoms with E-state index in [9.17, 15) is 4.79 Å². The highest BCUT2D eigenvalue weighted by Crippen LogP contribution is 2.18. The second kappa shape index (κ2) is 9.61. The summed E-state index contributed by atoms with van der Waals surface area (Å²) in [4.78, 5) is 22.0. The molecule has 0 atom stereocenters. The number of hydrogen-bond acceptors (Lipinski definition) is 4. The maximum absolute atomic E-state index is 11.6. The average Bonchev–Trinajstić information content (AvgIpc) is 3.29. The molecule has 0 aliphatic heterocycles. The molecule has 0 spiro atoms. The van der Waals surface area contributed by atoms with Crippen LogP contribution in [0.1, 0.15) is 48.2 Å². The maximum atomic E-state index is 11.6. The van der Waals surface area contributed by atoms with E-state index in [2.05, 4.69) is 32.9 Å². The summed E-state index contributed by atoms with van der Waals surface area (Å²) in [5.41, 5.74) is 1.13. The first-order valence-corrected chi connectivity index (χ1v) is 9.64. The van der Waals surface area contributed by atoms with Crippen LogP contribution in [0.25, 0.3) is 0 Å². The van der Waals surface area contributed by atoms with Crippen molar-refractivity contribution in [3.8, 4) is 0 Å². The van der Waals surface area contributed by atoms with Crippen LogP contribution in [0, 0.1) is 13.8 Å². The van der Waals surface area contributed by atoms with Gasteiger partial charge in [-0.25, -0.2) is 4.98 Å². The second-order valence-electron chi connectivity index (χ2n) is 6.13. The standard InChI is InChI=1S/C17H29N5OS/c1-4-18-17(19-10-5-6-15(23)22-14-7-8-14)20-11-9-16-21-12(2)13(3)24-16/h14H,4-11H2,1-3H3,(H,22,23)(H2,18,19,20). The molecule has 1 aromatic heterocycles. The molecule has 6 nitrogen and oxygen atoms in total. The normalized spacial score (nSPS) is 14.5. The number of aryl methyl sites for hydroxylation is 2. The van der Waals surface area contributed by atoms with Crippen molar-refractivity contribution in [3.05, 3.63) is 15.6 Å². The first kappa shape index (κ1) is 18.7. The molecule has 134 valence electrons. The fourth-order valence-corrected chi connectivity index (χ4v) is 3.17. The Hall–Kier alpha value is -1.63. The SMILES string of the molecule is CCNC(=NCCCC(=O)NC1CC1)NCCc1nc(C)c(C)s1. The zero-order valence-corrected chi connectivity index (χ0v) is 15.8. The van der Waals surface area contributed by atoms with Crippen molar-refractivity contribution < 1.29 is 4.79 Å². The van der Waals surface area contributed by atoms with E-state index in [-0.39, 0.29) is 5.91 Å². The third-order valence-corrected chi connectivity index (χ3v) is 4.96. The molecular formula is C17H29N5OS. The summed E-state index contributed by atoms with van der Waals surface area (Å²) in [5.74, 6) is 0.963. The van der Waals surface area contributed by atoms with E-state index in [0.29, 0.717) is 19.0 Å². The van der Waals surface area contributed by atoms with Gasteiger partial charge in [-0.05, 0) is 40.0 Å². The van der Waals surface area contributed by atoms with Gasteiger partial charge in [-0.1, -0.05) is 0 Å². The van der Waals surface area contributed by atoms with Crippen molar-refractivity contribution in [1.82, 2.24) is 20.9 Å². The van der Waals surface area contributed by atoms with Crippen LogP contribution >= 0.6 is 11.3 Å². The zero-order valence-electron chi connectivity index (χ0n) is 14.9. The van der Waals surface area contributed by atoms with Gasteiger partial charge in [-0.15, -0.1) is 11.3 Å². The second-order valence-corrected chi connectivity index (χ2v) is 7.42. The van der Waals surface area contributed by atoms with Crippen LogP contribution in [-0.4, -0.2) is 42.5 Å². The summed E-state index contributed by atoms with van der Waals surface area (Å²) in [7, 11) is 0. The van der Waals surface area contributed by atoms with Gasteiger partial charge in [-0.2, -0.15) is 0 Å². The van der Waals surface area contributed by atoms with Gasteiger partial charge in [0.2, 0.25) is 5.91 Å². The molecule has 0 radical (unpaired) electrons. The van der Waals surface area contributed by atoms with Crippen LogP contribution in [0.15, 0.2) is 4.99 Å². The molecule has 3 N–H and O–H groups in total. The molecule has 1 heterocycles. The zero-order chi connectivity index (χ0) is 17.4. The minimum atomic E-state index is 0.153. The number of nitrogens with zero attached hydrogens (tertiary/aromatic N) is 2. The van der Waals surface area contributed by atoms with E-state index in [0.717, 1.165) is 55.4 Å². The number of nitrogens with one attached hydrogen (secondary N) is 3. The predicted octanol–water partition coefficient (Wildman–Crippen LogP) is 1.92. The van der Waals surface area contributed by atoms with Crippen molar-refractivity contribution >= 4 is 23.2 Å². The molecule has 1 aliphatic carbocycles. The molecule has 1 amide bonds. The Morgan fingerprint density at radius 1 is 1.33 bits per heavy atom. The van der Waals surface area contributed by atoms with Crippen molar-refractivity contribution in [2.45, 2.75) is 58.9 Å². The fourth-order valence-electron chi connectivity index (χ4n) is 2.23. The van der Waals surface area contributed by atoms with E-state index in [4.69, 9.17) is 0 Å². The number of guanidine groups is 1. The topological polar surface area (TPSA) is 78.4 Å². The summed E-state index contributed by atoms with van der Waals surface area (Å²) in [5, 5.41) is 10.7. The highest BCUT2D eigenvalue weighted by atomic mass is 32.1. The summed E-state index contributed by atoms with van der Waals surface area (Å²) >= 11 is 1.76. The monoisotopic (exact) mass is 351 g/mol. The van der Waals surface area contributed by atoms with Gasteiger partial charge in [0, 0.05) is 43.4 Å². The minimum absolute atomic E-state index is 0.153. The van der Waals surface area contributed by atoms with E-state index in [1.165, 1.54) is 4.88 Å². The lowest BCUT2D eigenvalue weighted by atomic mass is 10.3. The average molecular weight is 352 g/mol. The minimum Gasteiger partial charge on any atom is -0.357 e. The summed E-state index contributed by atoms with van der Waals surface area (Å²) in [6, 6.07) is 0.443. The number of amides is 1. The molecule has 1 fully saturated rings. The Kier molecular flexibility index (Phi) is 7.49. The first-order valence-electron chi connectivity index (χ1n) is 8.83. The highest BCUT2D eigenvalue weighted by Gasteiger charge is 2.22. The molecule has 0 bridgehead atoms. The molecule has 2 rings (SSSR count). The summed E-state index contributed by atoms with van der Waals surface area (Å²) < 4.78 is 0. The molecule has 0 saturated heterocycles. The van der Waals surface area contributed by atoms with Crippen LogP contribution in [0.3, 0.4) is 0 Å². The van der Waals surface area contributed by atoms with Gasteiger partial charge in [0.1, 0.15) is 0 Å². The van der Waals surface area contributed by atoms with Gasteiger partial charge >= 0.3 is 0 Å². The van der Waals surface area contributed by atoms with Crippen LogP contribution in [0.5, 0.6) is 0 Å². The lowest BCUT2D eigenvalue weighted by Crippen LogP contribution is -2.38. The predicted molar refractivity (Wildman–Crippen MR) is 99.7 cm³/mol. The van der Waals surface area contributed by atoms with Crippen molar-refractivity contribution in [1.29, 1.82) is 0 Å². The van der Waals surface area contributed by atoms with E-state index in [1.54, 1.807) is 11.3 Å². The first-order chi connectivity index (χ1) is 11.6. The Morgan fingerprint density at radius 2 is 2.12 bits per heavy atom. The summed E-state index contributed by atoms with van der Waals surface area (Å²) in [6.45, 7) is 8.49. The van der Waals surface area contributed by atoms with Crippen molar-refractivity contribution in [2.24, 2.45) is 4.99 Å². The maximum Gasteiger partial charge on any atom is 0.220 e. The fraction of sp³-hybridized carbons (Fsp3) is 0.706. The lowest BCUT2D eigenvalue weighted by molar-refractivity contribution is -0.121. The number of carbonyl (C=O) groups excluding carboxylic acids is 1. The number of aromatic nitrogens is 1. The number of hydrogen-bond donors (Lipinski definition) is 3. The highest BCUT2D eigenvalue weighted by molar-refractivity contribution is 7.11. The molecule has 1 saturated carbocycles. The molecule has 24 heavy (non-hydrogen) atoms. The third-order valence-electron chi connectivity index (χ3n) is 3.82. The molecular weight excluding hydrogens is 322 g/mol. The molecule has 1 aromatic rings. The third kappa shape index (κ3) is 6.86.